The van der Waals surface area contributed by atoms with E-state index in [4.69, 9.17) is 10.1 Å². The van der Waals surface area contributed by atoms with Gasteiger partial charge in [-0.3, -0.25) is 10.2 Å². The fraction of sp³-hybridized carbons (Fsp3) is 0.435. The van der Waals surface area contributed by atoms with Crippen LogP contribution in [0.5, 0.6) is 5.75 Å². The van der Waals surface area contributed by atoms with Crippen LogP contribution in [0, 0.1) is 12.3 Å². The Morgan fingerprint density at radius 2 is 2.03 bits per heavy atom. The highest BCUT2D eigenvalue weighted by Crippen LogP contribution is 2.42. The van der Waals surface area contributed by atoms with Crippen molar-refractivity contribution < 1.29 is 17.9 Å². The fourth-order valence-corrected chi connectivity index (χ4v) is 6.23. The van der Waals surface area contributed by atoms with Crippen LogP contribution in [0.4, 0.5) is 5.69 Å². The van der Waals surface area contributed by atoms with Crippen molar-refractivity contribution in [1.29, 1.82) is 5.41 Å². The zero-order valence-corrected chi connectivity index (χ0v) is 19.5. The summed E-state index contributed by atoms with van der Waals surface area (Å²) in [5, 5.41) is 14.5. The van der Waals surface area contributed by atoms with Gasteiger partial charge in [0.1, 0.15) is 22.0 Å². The Balaban J connectivity index is 1.68. The Morgan fingerprint density at radius 3 is 2.69 bits per heavy atom. The van der Waals surface area contributed by atoms with Crippen molar-refractivity contribution in [2.24, 2.45) is 0 Å². The monoisotopic (exact) mass is 456 g/mol. The first-order chi connectivity index (χ1) is 15.0. The maximum atomic E-state index is 13.1. The van der Waals surface area contributed by atoms with Crippen molar-refractivity contribution in [2.75, 3.05) is 18.2 Å². The molecule has 1 spiro atoms. The number of rotatable bonds is 3. The van der Waals surface area contributed by atoms with Crippen LogP contribution < -0.4 is 15.4 Å². The van der Waals surface area contributed by atoms with Crippen molar-refractivity contribution in [1.82, 2.24) is 10.3 Å². The Labute approximate surface area is 188 Å². The van der Waals surface area contributed by atoms with E-state index < -0.39 is 20.1 Å². The van der Waals surface area contributed by atoms with Crippen LogP contribution in [0.15, 0.2) is 30.5 Å². The zero-order valence-electron chi connectivity index (χ0n) is 18.7. The molecule has 8 nitrogen and oxygen atoms in total. The molecule has 3 N–H and O–H groups in total. The molecule has 2 heterocycles. The van der Waals surface area contributed by atoms with E-state index in [0.29, 0.717) is 29.1 Å². The lowest BCUT2D eigenvalue weighted by molar-refractivity contribution is 0.102. The van der Waals surface area contributed by atoms with Gasteiger partial charge in [0, 0.05) is 5.69 Å². The molecule has 1 atom stereocenters. The second kappa shape index (κ2) is 7.58. The lowest BCUT2D eigenvalue weighted by atomic mass is 9.76. The molecule has 2 aromatic rings. The summed E-state index contributed by atoms with van der Waals surface area (Å²) in [6.07, 6.45) is 3.75. The number of ether oxygens (including phenoxy) is 1. The van der Waals surface area contributed by atoms with Gasteiger partial charge in [-0.05, 0) is 74.9 Å². The molecular weight excluding hydrogens is 428 g/mol. The minimum Gasteiger partial charge on any atom is -0.495 e. The smallest absolute Gasteiger partial charge is 0.274 e. The van der Waals surface area contributed by atoms with Crippen LogP contribution in [0.1, 0.15) is 53.9 Å². The molecule has 1 aliphatic heterocycles. The van der Waals surface area contributed by atoms with Crippen LogP contribution in [-0.4, -0.2) is 42.8 Å². The number of hydrogen-bond donors (Lipinski definition) is 3. The quantitative estimate of drug-likeness (QED) is 0.653. The van der Waals surface area contributed by atoms with Crippen molar-refractivity contribution in [3.63, 3.8) is 0 Å². The summed E-state index contributed by atoms with van der Waals surface area (Å²) >= 11 is 0. The molecule has 1 fully saturated rings. The predicted molar refractivity (Wildman–Crippen MR) is 123 cm³/mol. The first kappa shape index (κ1) is 22.3. The van der Waals surface area contributed by atoms with Crippen molar-refractivity contribution in [3.8, 4) is 5.75 Å². The molecule has 0 bridgehead atoms. The number of carbonyl (C=O) groups is 1. The number of aryl methyl sites for hydroxylation is 2. The molecule has 32 heavy (non-hydrogen) atoms. The standard InChI is InChI=1S/C23H28N4O4S/c1-14-10-17(31-4)12-25-19(14)20(28)26-16-8-7-15-6-5-9-23(18(15)11-16)13-32(29,30)22(2,3)21(24)27-23/h7-8,10-12H,5-6,9,13H2,1-4H3,(H2,24,27)(H,26,28)/t23-/m0/s1. The fourth-order valence-electron chi connectivity index (χ4n) is 4.49. The third kappa shape index (κ3) is 3.54. The molecule has 170 valence electrons. The summed E-state index contributed by atoms with van der Waals surface area (Å²) in [6.45, 7) is 4.92. The van der Waals surface area contributed by atoms with Crippen LogP contribution in [0.25, 0.3) is 0 Å². The van der Waals surface area contributed by atoms with Crippen LogP contribution in [-0.2, 0) is 21.8 Å². The SMILES string of the molecule is COc1cnc(C(=O)Nc2ccc3c(c2)[C@]2(CCC3)CS(=O)(=O)C(C)(C)C(=N)N2)c(C)c1. The van der Waals surface area contributed by atoms with Gasteiger partial charge in [0.2, 0.25) is 0 Å². The number of hydrogen-bond acceptors (Lipinski definition) is 6. The average molecular weight is 457 g/mol. The van der Waals surface area contributed by atoms with Crippen molar-refractivity contribution in [3.05, 3.63) is 52.8 Å². The van der Waals surface area contributed by atoms with Gasteiger partial charge in [0.05, 0.1) is 24.6 Å². The highest BCUT2D eigenvalue weighted by Gasteiger charge is 2.53. The number of amides is 1. The number of methoxy groups -OCH3 is 1. The van der Waals surface area contributed by atoms with Gasteiger partial charge in [0.25, 0.3) is 5.91 Å². The molecular formula is C23H28N4O4S. The molecule has 0 unspecified atom stereocenters. The maximum Gasteiger partial charge on any atom is 0.274 e. The number of fused-ring (bicyclic) bond motifs is 2. The number of carbonyl (C=O) groups excluding carboxylic acids is 1. The van der Waals surface area contributed by atoms with Gasteiger partial charge in [-0.25, -0.2) is 13.4 Å². The number of nitrogens with one attached hydrogen (secondary N) is 3. The average Bonchev–Trinajstić information content (AvgIpc) is 2.72. The molecule has 1 amide bonds. The zero-order chi connectivity index (χ0) is 23.3. The Morgan fingerprint density at radius 1 is 1.28 bits per heavy atom. The minimum absolute atomic E-state index is 0.00379. The van der Waals surface area contributed by atoms with E-state index in [1.54, 1.807) is 33.9 Å². The summed E-state index contributed by atoms with van der Waals surface area (Å²) < 4.78 is 30.0. The van der Waals surface area contributed by atoms with Crippen LogP contribution in [0.3, 0.4) is 0 Å². The summed E-state index contributed by atoms with van der Waals surface area (Å²) in [7, 11) is -2.01. The molecule has 0 radical (unpaired) electrons. The number of anilines is 1. The van der Waals surface area contributed by atoms with Gasteiger partial charge < -0.3 is 15.4 Å². The molecule has 0 saturated carbocycles. The number of benzene rings is 1. The second-order valence-electron chi connectivity index (χ2n) is 9.07. The minimum atomic E-state index is -3.55. The van der Waals surface area contributed by atoms with Crippen molar-refractivity contribution >= 4 is 27.3 Å². The van der Waals surface area contributed by atoms with E-state index >= 15 is 0 Å². The van der Waals surface area contributed by atoms with Crippen LogP contribution >= 0.6 is 0 Å². The molecule has 1 aromatic heterocycles. The number of amidine groups is 1. The van der Waals surface area contributed by atoms with Gasteiger partial charge in [-0.15, -0.1) is 0 Å². The summed E-state index contributed by atoms with van der Waals surface area (Å²) in [5.41, 5.74) is 2.52. The van der Waals surface area contributed by atoms with E-state index in [-0.39, 0.29) is 17.5 Å². The van der Waals surface area contributed by atoms with E-state index in [1.165, 1.54) is 6.20 Å². The highest BCUT2D eigenvalue weighted by atomic mass is 32.2. The molecule has 1 aliphatic carbocycles. The molecule has 2 aliphatic rings. The molecule has 1 aromatic carbocycles. The lowest BCUT2D eigenvalue weighted by Gasteiger charge is -2.47. The van der Waals surface area contributed by atoms with E-state index in [9.17, 15) is 13.2 Å². The predicted octanol–water partition coefficient (Wildman–Crippen LogP) is 2.96. The van der Waals surface area contributed by atoms with E-state index in [0.717, 1.165) is 24.0 Å². The largest absolute Gasteiger partial charge is 0.495 e. The van der Waals surface area contributed by atoms with Gasteiger partial charge in [-0.1, -0.05) is 6.07 Å². The van der Waals surface area contributed by atoms with Gasteiger partial charge in [-0.2, -0.15) is 0 Å². The third-order valence-electron chi connectivity index (χ3n) is 6.62. The van der Waals surface area contributed by atoms with Gasteiger partial charge in [0.15, 0.2) is 9.84 Å². The Bertz CT molecular complexity index is 1220. The first-order valence-electron chi connectivity index (χ1n) is 10.5. The van der Waals surface area contributed by atoms with E-state index in [1.807, 2.05) is 18.2 Å². The number of nitrogens with zero attached hydrogens (tertiary/aromatic N) is 1. The summed E-state index contributed by atoms with van der Waals surface area (Å²) in [4.78, 5) is 17.1. The summed E-state index contributed by atoms with van der Waals surface area (Å²) in [6, 6.07) is 7.33. The number of aromatic nitrogens is 1. The Kier molecular flexibility index (Phi) is 5.27. The first-order valence-corrected chi connectivity index (χ1v) is 12.2. The Hall–Kier alpha value is -2.94. The molecule has 4 rings (SSSR count). The molecule has 9 heteroatoms. The number of sulfone groups is 1. The topological polar surface area (TPSA) is 121 Å². The van der Waals surface area contributed by atoms with E-state index in [2.05, 4.69) is 15.6 Å². The second-order valence-corrected chi connectivity index (χ2v) is 11.6. The lowest BCUT2D eigenvalue weighted by Crippen LogP contribution is -2.65. The molecule has 1 saturated heterocycles. The normalized spacial score (nSPS) is 23.2. The third-order valence-corrected chi connectivity index (χ3v) is 9.25. The highest BCUT2D eigenvalue weighted by molar-refractivity contribution is 7.93. The summed E-state index contributed by atoms with van der Waals surface area (Å²) in [5.74, 6) is 0.140. The van der Waals surface area contributed by atoms with Crippen LogP contribution in [0.2, 0.25) is 0 Å². The van der Waals surface area contributed by atoms with Crippen molar-refractivity contribution in [2.45, 2.75) is 50.3 Å². The number of pyridine rings is 1. The maximum absolute atomic E-state index is 13.1. The van der Waals surface area contributed by atoms with Gasteiger partial charge >= 0.3 is 0 Å².